The van der Waals surface area contributed by atoms with Crippen LogP contribution in [0.1, 0.15) is 18.5 Å². The lowest BCUT2D eigenvalue weighted by molar-refractivity contribution is 0.139. The predicted molar refractivity (Wildman–Crippen MR) is 62.0 cm³/mol. The number of benzene rings is 1. The molecule has 0 N–H and O–H groups in total. The van der Waals surface area contributed by atoms with Crippen LogP contribution in [-0.2, 0) is 4.74 Å². The Labute approximate surface area is 95.3 Å². The summed E-state index contributed by atoms with van der Waals surface area (Å²) in [6.07, 6.45) is 1.22. The number of amides is 1. The lowest BCUT2D eigenvalue weighted by atomic mass is 10.1. The molecule has 0 aliphatic carbocycles. The number of cyclic esters (lactones) is 1. The molecule has 1 saturated heterocycles. The Morgan fingerprint density at radius 1 is 1.50 bits per heavy atom. The molecule has 1 aromatic rings. The Kier molecular flexibility index (Phi) is 2.95. The van der Waals surface area contributed by atoms with E-state index in [-0.39, 0.29) is 18.2 Å². The van der Waals surface area contributed by atoms with Gasteiger partial charge in [0.05, 0.1) is 12.6 Å². The van der Waals surface area contributed by atoms with Crippen LogP contribution in [0.2, 0.25) is 0 Å². The molecule has 3 nitrogen and oxygen atoms in total. The van der Waals surface area contributed by atoms with Crippen LogP contribution in [0.15, 0.2) is 43.0 Å². The van der Waals surface area contributed by atoms with E-state index >= 15 is 0 Å². The van der Waals surface area contributed by atoms with Crippen molar-refractivity contribution < 1.29 is 9.53 Å². The van der Waals surface area contributed by atoms with E-state index in [2.05, 4.69) is 6.58 Å². The SMILES string of the molecule is C=CC1CN([C@H](C)c2ccccc2)C(=O)O1. The number of ether oxygens (including phenoxy) is 1. The Balaban J connectivity index is 2.14. The van der Waals surface area contributed by atoms with Gasteiger partial charge in [0.25, 0.3) is 0 Å². The maximum atomic E-state index is 11.6. The quantitative estimate of drug-likeness (QED) is 0.728. The summed E-state index contributed by atoms with van der Waals surface area (Å²) in [5.74, 6) is 0. The molecular formula is C13H15NO2. The van der Waals surface area contributed by atoms with Crippen LogP contribution in [0.25, 0.3) is 0 Å². The normalized spacial score (nSPS) is 21.7. The van der Waals surface area contributed by atoms with Gasteiger partial charge in [0.2, 0.25) is 0 Å². The molecule has 1 amide bonds. The average Bonchev–Trinajstić information content (AvgIpc) is 2.71. The third-order valence-corrected chi connectivity index (χ3v) is 2.88. The van der Waals surface area contributed by atoms with Gasteiger partial charge in [-0.15, -0.1) is 0 Å². The molecule has 2 atom stereocenters. The van der Waals surface area contributed by atoms with E-state index in [0.29, 0.717) is 6.54 Å². The third kappa shape index (κ3) is 1.94. The van der Waals surface area contributed by atoms with Crippen LogP contribution < -0.4 is 0 Å². The fourth-order valence-corrected chi connectivity index (χ4v) is 1.85. The molecule has 3 heteroatoms. The summed E-state index contributed by atoms with van der Waals surface area (Å²) < 4.78 is 5.13. The van der Waals surface area contributed by atoms with Gasteiger partial charge in [-0.3, -0.25) is 4.90 Å². The molecule has 0 aromatic heterocycles. The second-order valence-corrected chi connectivity index (χ2v) is 3.90. The molecular weight excluding hydrogens is 202 g/mol. The number of hydrogen-bond donors (Lipinski definition) is 0. The standard InChI is InChI=1S/C13H15NO2/c1-3-12-9-14(13(15)16-12)10(2)11-7-5-4-6-8-11/h3-8,10,12H,1,9H2,2H3/t10-,12?/m1/s1. The van der Waals surface area contributed by atoms with Gasteiger partial charge in [0.15, 0.2) is 0 Å². The van der Waals surface area contributed by atoms with Crippen molar-refractivity contribution >= 4 is 6.09 Å². The molecule has 2 rings (SSSR count). The smallest absolute Gasteiger partial charge is 0.411 e. The second-order valence-electron chi connectivity index (χ2n) is 3.90. The molecule has 1 heterocycles. The molecule has 0 radical (unpaired) electrons. The molecule has 1 fully saturated rings. The molecule has 1 aromatic carbocycles. The van der Waals surface area contributed by atoms with E-state index in [0.717, 1.165) is 5.56 Å². The van der Waals surface area contributed by atoms with Gasteiger partial charge in [-0.25, -0.2) is 4.79 Å². The second kappa shape index (κ2) is 4.39. The van der Waals surface area contributed by atoms with Crippen molar-refractivity contribution in [1.82, 2.24) is 4.90 Å². The summed E-state index contributed by atoms with van der Waals surface area (Å²) in [6.45, 7) is 6.22. The van der Waals surface area contributed by atoms with Gasteiger partial charge < -0.3 is 4.74 Å². The molecule has 1 aliphatic heterocycles. The fraction of sp³-hybridized carbons (Fsp3) is 0.308. The minimum absolute atomic E-state index is 0.0404. The zero-order chi connectivity index (χ0) is 11.5. The average molecular weight is 217 g/mol. The first kappa shape index (κ1) is 10.7. The highest BCUT2D eigenvalue weighted by molar-refractivity contribution is 5.71. The molecule has 84 valence electrons. The molecule has 0 bridgehead atoms. The molecule has 0 spiro atoms. The largest absolute Gasteiger partial charge is 0.440 e. The first-order valence-corrected chi connectivity index (χ1v) is 5.37. The maximum Gasteiger partial charge on any atom is 0.411 e. The first-order valence-electron chi connectivity index (χ1n) is 5.37. The molecule has 0 saturated carbocycles. The zero-order valence-electron chi connectivity index (χ0n) is 9.30. The minimum atomic E-state index is -0.263. The summed E-state index contributed by atoms with van der Waals surface area (Å²) in [5, 5.41) is 0. The van der Waals surface area contributed by atoms with Crippen molar-refractivity contribution in [1.29, 1.82) is 0 Å². The Morgan fingerprint density at radius 3 is 2.75 bits per heavy atom. The summed E-state index contributed by atoms with van der Waals surface area (Å²) >= 11 is 0. The van der Waals surface area contributed by atoms with Gasteiger partial charge >= 0.3 is 6.09 Å². The van der Waals surface area contributed by atoms with Crippen LogP contribution in [0, 0.1) is 0 Å². The lowest BCUT2D eigenvalue weighted by Crippen LogP contribution is -2.28. The van der Waals surface area contributed by atoms with E-state index in [1.54, 1.807) is 11.0 Å². The summed E-state index contributed by atoms with van der Waals surface area (Å²) in [5.41, 5.74) is 1.11. The van der Waals surface area contributed by atoms with Crippen LogP contribution in [-0.4, -0.2) is 23.6 Å². The van der Waals surface area contributed by atoms with Gasteiger partial charge in [-0.05, 0) is 18.6 Å². The Hall–Kier alpha value is -1.77. The molecule has 1 aliphatic rings. The number of nitrogens with zero attached hydrogens (tertiary/aromatic N) is 1. The van der Waals surface area contributed by atoms with E-state index in [4.69, 9.17) is 4.74 Å². The van der Waals surface area contributed by atoms with Gasteiger partial charge in [0, 0.05) is 0 Å². The van der Waals surface area contributed by atoms with Gasteiger partial charge in [0.1, 0.15) is 6.10 Å². The van der Waals surface area contributed by atoms with E-state index in [1.165, 1.54) is 0 Å². The third-order valence-electron chi connectivity index (χ3n) is 2.88. The monoisotopic (exact) mass is 217 g/mol. The van der Waals surface area contributed by atoms with Crippen LogP contribution in [0.4, 0.5) is 4.79 Å². The Bertz CT molecular complexity index is 388. The summed E-state index contributed by atoms with van der Waals surface area (Å²) in [6, 6.07) is 9.97. The van der Waals surface area contributed by atoms with Crippen LogP contribution in [0.5, 0.6) is 0 Å². The van der Waals surface area contributed by atoms with Gasteiger partial charge in [-0.1, -0.05) is 36.9 Å². The number of carbonyl (C=O) groups is 1. The predicted octanol–water partition coefficient (Wildman–Crippen LogP) is 2.75. The van der Waals surface area contributed by atoms with Gasteiger partial charge in [-0.2, -0.15) is 0 Å². The van der Waals surface area contributed by atoms with Crippen molar-refractivity contribution in [3.63, 3.8) is 0 Å². The maximum absolute atomic E-state index is 11.6. The van der Waals surface area contributed by atoms with Crippen molar-refractivity contribution in [2.24, 2.45) is 0 Å². The van der Waals surface area contributed by atoms with Crippen molar-refractivity contribution in [3.8, 4) is 0 Å². The van der Waals surface area contributed by atoms with E-state index in [1.807, 2.05) is 37.3 Å². The zero-order valence-corrected chi connectivity index (χ0v) is 9.30. The van der Waals surface area contributed by atoms with Crippen LogP contribution in [0.3, 0.4) is 0 Å². The summed E-state index contributed by atoms with van der Waals surface area (Å²) in [4.78, 5) is 13.3. The van der Waals surface area contributed by atoms with Crippen molar-refractivity contribution in [2.45, 2.75) is 19.1 Å². The van der Waals surface area contributed by atoms with Crippen molar-refractivity contribution in [3.05, 3.63) is 48.6 Å². The minimum Gasteiger partial charge on any atom is -0.440 e. The Morgan fingerprint density at radius 2 is 2.19 bits per heavy atom. The topological polar surface area (TPSA) is 29.5 Å². The first-order chi connectivity index (χ1) is 7.72. The highest BCUT2D eigenvalue weighted by Crippen LogP contribution is 2.25. The molecule has 16 heavy (non-hydrogen) atoms. The number of hydrogen-bond acceptors (Lipinski definition) is 2. The highest BCUT2D eigenvalue weighted by atomic mass is 16.6. The number of rotatable bonds is 3. The number of carbonyl (C=O) groups excluding carboxylic acids is 1. The summed E-state index contributed by atoms with van der Waals surface area (Å²) in [7, 11) is 0. The van der Waals surface area contributed by atoms with Crippen LogP contribution >= 0.6 is 0 Å². The highest BCUT2D eigenvalue weighted by Gasteiger charge is 2.33. The van der Waals surface area contributed by atoms with E-state index < -0.39 is 0 Å². The van der Waals surface area contributed by atoms with E-state index in [9.17, 15) is 4.79 Å². The fourth-order valence-electron chi connectivity index (χ4n) is 1.85. The molecule has 1 unspecified atom stereocenters. The lowest BCUT2D eigenvalue weighted by Gasteiger charge is -2.21. The van der Waals surface area contributed by atoms with Crippen molar-refractivity contribution in [2.75, 3.05) is 6.54 Å².